The zero-order valence-electron chi connectivity index (χ0n) is 10.9. The zero-order valence-corrected chi connectivity index (χ0v) is 11.6. The molecule has 0 bridgehead atoms. The van der Waals surface area contributed by atoms with Crippen LogP contribution in [0.25, 0.3) is 11.1 Å². The van der Waals surface area contributed by atoms with Crippen LogP contribution in [0.4, 0.5) is 0 Å². The van der Waals surface area contributed by atoms with Crippen molar-refractivity contribution >= 4 is 17.6 Å². The van der Waals surface area contributed by atoms with E-state index in [1.807, 2.05) is 0 Å². The maximum absolute atomic E-state index is 11.1. The first-order chi connectivity index (χ1) is 9.56. The summed E-state index contributed by atoms with van der Waals surface area (Å²) in [5, 5.41) is 9.02. The fourth-order valence-electron chi connectivity index (χ4n) is 1.78. The third-order valence-electron chi connectivity index (χ3n) is 2.79. The molecule has 0 atom stereocenters. The molecule has 0 amide bonds. The molecule has 0 aliphatic rings. The lowest BCUT2D eigenvalue weighted by atomic mass is 10.0. The second kappa shape index (κ2) is 5.79. The fourth-order valence-corrected chi connectivity index (χ4v) is 1.97. The van der Waals surface area contributed by atoms with Crippen LogP contribution in [0.5, 0.6) is 11.5 Å². The first-order valence-electron chi connectivity index (χ1n) is 5.68. The minimum absolute atomic E-state index is 0.0475. The number of halogens is 1. The van der Waals surface area contributed by atoms with Crippen LogP contribution in [0.15, 0.2) is 30.5 Å². The molecule has 0 fully saturated rings. The Bertz CT molecular complexity index is 658. The molecule has 0 unspecified atom stereocenters. The molecule has 0 aliphatic carbocycles. The van der Waals surface area contributed by atoms with Crippen molar-refractivity contribution in [1.29, 1.82) is 0 Å². The number of carboxylic acid groups (broad SMARTS) is 1. The molecule has 0 aliphatic heterocycles. The summed E-state index contributed by atoms with van der Waals surface area (Å²) < 4.78 is 10.4. The highest BCUT2D eigenvalue weighted by Gasteiger charge is 2.14. The van der Waals surface area contributed by atoms with Crippen molar-refractivity contribution in [3.05, 3.63) is 41.2 Å². The number of hydrogen-bond acceptors (Lipinski definition) is 4. The standard InChI is InChI=1S/C14H12ClNO4/c1-19-9-3-4-10(12(6-9)20-2)8-5-11(14(17)18)13(15)16-7-8/h3-7H,1-2H3,(H,17,18). The number of benzene rings is 1. The number of rotatable bonds is 4. The summed E-state index contributed by atoms with van der Waals surface area (Å²) in [6.45, 7) is 0. The lowest BCUT2D eigenvalue weighted by Crippen LogP contribution is -2.00. The first kappa shape index (κ1) is 14.1. The summed E-state index contributed by atoms with van der Waals surface area (Å²) in [7, 11) is 3.08. The maximum Gasteiger partial charge on any atom is 0.338 e. The summed E-state index contributed by atoms with van der Waals surface area (Å²) >= 11 is 5.76. The van der Waals surface area contributed by atoms with Crippen LogP contribution in [-0.2, 0) is 0 Å². The van der Waals surface area contributed by atoms with E-state index in [-0.39, 0.29) is 10.7 Å². The van der Waals surface area contributed by atoms with Crippen molar-refractivity contribution in [2.75, 3.05) is 14.2 Å². The SMILES string of the molecule is COc1ccc(-c2cnc(Cl)c(C(=O)O)c2)c(OC)c1. The summed E-state index contributed by atoms with van der Waals surface area (Å²) in [5.41, 5.74) is 1.26. The number of aromatic carboxylic acids is 1. The third-order valence-corrected chi connectivity index (χ3v) is 3.09. The van der Waals surface area contributed by atoms with E-state index in [1.54, 1.807) is 25.3 Å². The van der Waals surface area contributed by atoms with E-state index >= 15 is 0 Å². The van der Waals surface area contributed by atoms with E-state index in [0.29, 0.717) is 22.6 Å². The molecule has 1 N–H and O–H groups in total. The topological polar surface area (TPSA) is 68.7 Å². The Morgan fingerprint density at radius 2 is 2.00 bits per heavy atom. The van der Waals surface area contributed by atoms with Gasteiger partial charge in [-0.1, -0.05) is 11.6 Å². The average molecular weight is 294 g/mol. The van der Waals surface area contributed by atoms with Crippen LogP contribution in [0.1, 0.15) is 10.4 Å². The van der Waals surface area contributed by atoms with Crippen molar-refractivity contribution in [2.24, 2.45) is 0 Å². The van der Waals surface area contributed by atoms with E-state index < -0.39 is 5.97 Å². The third kappa shape index (κ3) is 2.67. The monoisotopic (exact) mass is 293 g/mol. The number of methoxy groups -OCH3 is 2. The van der Waals surface area contributed by atoms with Crippen molar-refractivity contribution < 1.29 is 19.4 Å². The van der Waals surface area contributed by atoms with E-state index in [9.17, 15) is 4.79 Å². The zero-order chi connectivity index (χ0) is 14.7. The number of pyridine rings is 1. The van der Waals surface area contributed by atoms with Crippen LogP contribution in [0, 0.1) is 0 Å². The van der Waals surface area contributed by atoms with Gasteiger partial charge in [0.15, 0.2) is 0 Å². The highest BCUT2D eigenvalue weighted by Crippen LogP contribution is 2.34. The molecule has 0 saturated heterocycles. The van der Waals surface area contributed by atoms with Gasteiger partial charge in [0.05, 0.1) is 19.8 Å². The molecular formula is C14H12ClNO4. The van der Waals surface area contributed by atoms with E-state index in [1.165, 1.54) is 19.4 Å². The van der Waals surface area contributed by atoms with Crippen LogP contribution in [0.2, 0.25) is 5.15 Å². The summed E-state index contributed by atoms with van der Waals surface area (Å²) in [5.74, 6) is 0.0765. The number of carboxylic acids is 1. The van der Waals surface area contributed by atoms with Gasteiger partial charge >= 0.3 is 5.97 Å². The molecule has 1 aromatic heterocycles. The van der Waals surface area contributed by atoms with Gasteiger partial charge in [-0.3, -0.25) is 0 Å². The van der Waals surface area contributed by atoms with Gasteiger partial charge in [0, 0.05) is 23.4 Å². The molecule has 0 spiro atoms. The predicted molar refractivity (Wildman–Crippen MR) is 74.7 cm³/mol. The molecule has 0 saturated carbocycles. The maximum atomic E-state index is 11.1. The summed E-state index contributed by atoms with van der Waals surface area (Å²) in [6, 6.07) is 6.70. The van der Waals surface area contributed by atoms with Gasteiger partial charge in [-0.25, -0.2) is 9.78 Å². The van der Waals surface area contributed by atoms with E-state index in [0.717, 1.165) is 0 Å². The Morgan fingerprint density at radius 3 is 2.60 bits per heavy atom. The lowest BCUT2D eigenvalue weighted by molar-refractivity contribution is 0.0696. The molecule has 1 aromatic carbocycles. The van der Waals surface area contributed by atoms with Crippen molar-refractivity contribution in [1.82, 2.24) is 4.98 Å². The van der Waals surface area contributed by atoms with Crippen molar-refractivity contribution in [2.45, 2.75) is 0 Å². The highest BCUT2D eigenvalue weighted by molar-refractivity contribution is 6.32. The normalized spacial score (nSPS) is 10.2. The molecule has 6 heteroatoms. The largest absolute Gasteiger partial charge is 0.497 e. The fraction of sp³-hybridized carbons (Fsp3) is 0.143. The Kier molecular flexibility index (Phi) is 4.10. The Balaban J connectivity index is 2.56. The number of nitrogens with zero attached hydrogens (tertiary/aromatic N) is 1. The van der Waals surface area contributed by atoms with Crippen molar-refractivity contribution in [3.8, 4) is 22.6 Å². The molecule has 2 aromatic rings. The Hall–Kier alpha value is -2.27. The molecule has 0 radical (unpaired) electrons. The molecule has 104 valence electrons. The van der Waals surface area contributed by atoms with Gasteiger partial charge in [-0.2, -0.15) is 0 Å². The van der Waals surface area contributed by atoms with Crippen molar-refractivity contribution in [3.63, 3.8) is 0 Å². The van der Waals surface area contributed by atoms with E-state index in [2.05, 4.69) is 4.98 Å². The second-order valence-electron chi connectivity index (χ2n) is 3.93. The van der Waals surface area contributed by atoms with Gasteiger partial charge in [0.1, 0.15) is 16.7 Å². The van der Waals surface area contributed by atoms with Gasteiger partial charge in [-0.15, -0.1) is 0 Å². The van der Waals surface area contributed by atoms with Gasteiger partial charge in [0.25, 0.3) is 0 Å². The Labute approximate surface area is 120 Å². The smallest absolute Gasteiger partial charge is 0.338 e. The van der Waals surface area contributed by atoms with Crippen LogP contribution < -0.4 is 9.47 Å². The number of hydrogen-bond donors (Lipinski definition) is 1. The molecule has 20 heavy (non-hydrogen) atoms. The van der Waals surface area contributed by atoms with Gasteiger partial charge in [-0.05, 0) is 18.2 Å². The van der Waals surface area contributed by atoms with Crippen LogP contribution in [-0.4, -0.2) is 30.3 Å². The Morgan fingerprint density at radius 1 is 1.25 bits per heavy atom. The minimum Gasteiger partial charge on any atom is -0.497 e. The number of ether oxygens (including phenoxy) is 2. The molecule has 5 nitrogen and oxygen atoms in total. The minimum atomic E-state index is -1.13. The van der Waals surface area contributed by atoms with E-state index in [4.69, 9.17) is 26.2 Å². The molecule has 1 heterocycles. The summed E-state index contributed by atoms with van der Waals surface area (Å²) in [4.78, 5) is 15.0. The predicted octanol–water partition coefficient (Wildman–Crippen LogP) is 3.12. The van der Waals surface area contributed by atoms with Crippen LogP contribution >= 0.6 is 11.6 Å². The second-order valence-corrected chi connectivity index (χ2v) is 4.29. The van der Waals surface area contributed by atoms with Crippen LogP contribution in [0.3, 0.4) is 0 Å². The first-order valence-corrected chi connectivity index (χ1v) is 6.06. The lowest BCUT2D eigenvalue weighted by Gasteiger charge is -2.11. The van der Waals surface area contributed by atoms with Gasteiger partial charge < -0.3 is 14.6 Å². The number of carbonyl (C=O) groups is 1. The summed E-state index contributed by atoms with van der Waals surface area (Å²) in [6.07, 6.45) is 1.50. The quantitative estimate of drug-likeness (QED) is 0.877. The van der Waals surface area contributed by atoms with Gasteiger partial charge in [0.2, 0.25) is 0 Å². The number of aromatic nitrogens is 1. The molecule has 2 rings (SSSR count). The molecular weight excluding hydrogens is 282 g/mol. The average Bonchev–Trinajstić information content (AvgIpc) is 2.46. The highest BCUT2D eigenvalue weighted by atomic mass is 35.5.